The lowest BCUT2D eigenvalue weighted by atomic mass is 10.1. The van der Waals surface area contributed by atoms with Crippen LogP contribution >= 0.6 is 11.8 Å². The lowest BCUT2D eigenvalue weighted by molar-refractivity contribution is 0.131. The maximum Gasteiger partial charge on any atom is 0.409 e. The average Bonchev–Trinajstić information content (AvgIpc) is 3.63. The summed E-state index contributed by atoms with van der Waals surface area (Å²) in [5.41, 5.74) is 3.50. The molecular weight excluding hydrogens is 450 g/mol. The summed E-state index contributed by atoms with van der Waals surface area (Å²) in [5, 5.41) is 28.0. The van der Waals surface area contributed by atoms with E-state index in [9.17, 15) is 15.3 Å². The molecule has 4 aromatic rings. The van der Waals surface area contributed by atoms with Crippen LogP contribution in [0.15, 0.2) is 64.9 Å². The summed E-state index contributed by atoms with van der Waals surface area (Å²) in [7, 11) is 1.38. The van der Waals surface area contributed by atoms with E-state index in [1.165, 1.54) is 18.9 Å². The number of fused-ring (bicyclic) bond motifs is 1. The van der Waals surface area contributed by atoms with Crippen LogP contribution in [0.4, 0.5) is 4.79 Å². The molecule has 1 aliphatic heterocycles. The van der Waals surface area contributed by atoms with Gasteiger partial charge in [-0.05, 0) is 24.6 Å². The molecule has 168 valence electrons. The number of hydrogen-bond acceptors (Lipinski definition) is 7. The van der Waals surface area contributed by atoms with Crippen LogP contribution in [-0.2, 0) is 4.74 Å². The molecule has 1 saturated heterocycles. The van der Waals surface area contributed by atoms with E-state index in [4.69, 9.17) is 4.74 Å². The summed E-state index contributed by atoms with van der Waals surface area (Å²) in [6, 6.07) is 13.9. The van der Waals surface area contributed by atoms with Gasteiger partial charge in [-0.15, -0.1) is 0 Å². The molecule has 0 saturated carbocycles. The molecule has 34 heavy (non-hydrogen) atoms. The van der Waals surface area contributed by atoms with Crippen LogP contribution < -0.4 is 0 Å². The Hall–Kier alpha value is -4.28. The van der Waals surface area contributed by atoms with Crippen molar-refractivity contribution in [1.82, 2.24) is 24.3 Å². The van der Waals surface area contributed by atoms with Gasteiger partial charge in [-0.3, -0.25) is 4.68 Å². The number of benzene rings is 1. The molecule has 0 aliphatic carbocycles. The van der Waals surface area contributed by atoms with Crippen molar-refractivity contribution in [3.8, 4) is 23.3 Å². The maximum absolute atomic E-state index is 11.8. The number of pyridine rings is 1. The first-order valence-corrected chi connectivity index (χ1v) is 11.4. The number of likely N-dealkylation sites (tertiary alicyclic amines) is 1. The van der Waals surface area contributed by atoms with Crippen molar-refractivity contribution >= 4 is 23.4 Å². The summed E-state index contributed by atoms with van der Waals surface area (Å²) in [5.74, 6) is 0. The van der Waals surface area contributed by atoms with Crippen molar-refractivity contribution in [2.24, 2.45) is 0 Å². The number of rotatable bonds is 4. The summed E-state index contributed by atoms with van der Waals surface area (Å²) in [6.07, 6.45) is 7.63. The van der Waals surface area contributed by atoms with E-state index in [-0.39, 0.29) is 12.1 Å². The number of hydrogen-bond donors (Lipinski definition) is 0. The fourth-order valence-corrected chi connectivity index (χ4v) is 5.20. The second-order valence-electron chi connectivity index (χ2n) is 7.83. The molecule has 0 bridgehead atoms. The van der Waals surface area contributed by atoms with Gasteiger partial charge >= 0.3 is 6.09 Å². The standard InChI is InChI=1S/C24H19N7O2S/c1-33-24(32)29-7-6-20(15-29)30-14-19(12-27-30)17-8-22(23-18(10-26)11-28-31(23)13-17)34-21-5-3-2-4-16(21)9-25/h2-5,8,11-14,20H,6-7,15H2,1H3/t20-/m0/s1. The zero-order chi connectivity index (χ0) is 23.7. The van der Waals surface area contributed by atoms with Crippen LogP contribution in [0.25, 0.3) is 16.6 Å². The van der Waals surface area contributed by atoms with Gasteiger partial charge in [0.25, 0.3) is 0 Å². The van der Waals surface area contributed by atoms with Crippen LogP contribution in [-0.4, -0.2) is 50.6 Å². The molecule has 1 aromatic carbocycles. The van der Waals surface area contributed by atoms with Gasteiger partial charge in [0.15, 0.2) is 0 Å². The largest absolute Gasteiger partial charge is 0.453 e. The van der Waals surface area contributed by atoms with Crippen LogP contribution in [0.1, 0.15) is 23.6 Å². The van der Waals surface area contributed by atoms with Crippen molar-refractivity contribution in [3.05, 3.63) is 66.2 Å². The van der Waals surface area contributed by atoms with E-state index in [1.807, 2.05) is 41.3 Å². The molecule has 5 rings (SSSR count). The zero-order valence-corrected chi connectivity index (χ0v) is 19.1. The van der Waals surface area contributed by atoms with Crippen LogP contribution in [0, 0.1) is 22.7 Å². The number of ether oxygens (including phenoxy) is 1. The number of nitrogens with zero attached hydrogens (tertiary/aromatic N) is 7. The molecule has 0 unspecified atom stereocenters. The molecular formula is C24H19N7O2S. The second-order valence-corrected chi connectivity index (χ2v) is 8.92. The quantitative estimate of drug-likeness (QED) is 0.442. The number of amides is 1. The maximum atomic E-state index is 11.8. The number of methoxy groups -OCH3 is 1. The van der Waals surface area contributed by atoms with Crippen molar-refractivity contribution in [2.45, 2.75) is 22.3 Å². The Balaban J connectivity index is 1.51. The fourth-order valence-electron chi connectivity index (χ4n) is 4.11. The minimum atomic E-state index is -0.327. The van der Waals surface area contributed by atoms with Gasteiger partial charge in [0, 0.05) is 46.4 Å². The third-order valence-corrected chi connectivity index (χ3v) is 6.94. The van der Waals surface area contributed by atoms with Crippen LogP contribution in [0.5, 0.6) is 0 Å². The van der Waals surface area contributed by atoms with Crippen LogP contribution in [0.3, 0.4) is 0 Å². The van der Waals surface area contributed by atoms with Crippen LogP contribution in [0.2, 0.25) is 0 Å². The van der Waals surface area contributed by atoms with E-state index < -0.39 is 0 Å². The fraction of sp³-hybridized carbons (Fsp3) is 0.208. The Kier molecular flexibility index (Phi) is 5.66. The predicted molar refractivity (Wildman–Crippen MR) is 124 cm³/mol. The average molecular weight is 470 g/mol. The van der Waals surface area contributed by atoms with Crippen molar-refractivity contribution in [1.29, 1.82) is 10.5 Å². The van der Waals surface area contributed by atoms with Gasteiger partial charge in [0.05, 0.1) is 42.2 Å². The molecule has 0 N–H and O–H groups in total. The van der Waals surface area contributed by atoms with Gasteiger partial charge < -0.3 is 9.64 Å². The topological polar surface area (TPSA) is 112 Å². The molecule has 1 atom stereocenters. The van der Waals surface area contributed by atoms with Crippen molar-refractivity contribution < 1.29 is 9.53 Å². The van der Waals surface area contributed by atoms with E-state index in [0.717, 1.165) is 27.3 Å². The van der Waals surface area contributed by atoms with Gasteiger partial charge in [0.1, 0.15) is 12.1 Å². The first kappa shape index (κ1) is 21.6. The lowest BCUT2D eigenvalue weighted by Gasteiger charge is -2.14. The Bertz CT molecular complexity index is 1480. The second kappa shape index (κ2) is 8.93. The highest BCUT2D eigenvalue weighted by Gasteiger charge is 2.28. The molecule has 9 nitrogen and oxygen atoms in total. The molecule has 0 radical (unpaired) electrons. The molecule has 1 fully saturated rings. The van der Waals surface area contributed by atoms with Gasteiger partial charge in [0.2, 0.25) is 0 Å². The minimum absolute atomic E-state index is 0.0721. The van der Waals surface area contributed by atoms with E-state index in [0.29, 0.717) is 29.7 Å². The van der Waals surface area contributed by atoms with Crippen molar-refractivity contribution in [3.63, 3.8) is 0 Å². The normalized spacial score (nSPS) is 15.3. The Morgan fingerprint density at radius 1 is 1.09 bits per heavy atom. The number of aromatic nitrogens is 4. The molecule has 1 amide bonds. The van der Waals surface area contributed by atoms with Crippen molar-refractivity contribution in [2.75, 3.05) is 20.2 Å². The molecule has 1 aliphatic rings. The van der Waals surface area contributed by atoms with Gasteiger partial charge in [-0.2, -0.15) is 20.7 Å². The van der Waals surface area contributed by atoms with Gasteiger partial charge in [-0.25, -0.2) is 9.31 Å². The van der Waals surface area contributed by atoms with E-state index in [2.05, 4.69) is 22.3 Å². The third kappa shape index (κ3) is 3.85. The lowest BCUT2D eigenvalue weighted by Crippen LogP contribution is -2.28. The zero-order valence-electron chi connectivity index (χ0n) is 18.3. The predicted octanol–water partition coefficient (Wildman–Crippen LogP) is 4.11. The summed E-state index contributed by atoms with van der Waals surface area (Å²) in [4.78, 5) is 15.1. The smallest absolute Gasteiger partial charge is 0.409 e. The Labute approximate surface area is 199 Å². The highest BCUT2D eigenvalue weighted by atomic mass is 32.2. The molecule has 3 aromatic heterocycles. The number of carbonyl (C=O) groups is 1. The number of carbonyl (C=O) groups excluding carboxylic acids is 1. The molecule has 0 spiro atoms. The van der Waals surface area contributed by atoms with Gasteiger partial charge in [-0.1, -0.05) is 23.9 Å². The molecule has 10 heteroatoms. The minimum Gasteiger partial charge on any atom is -0.453 e. The van der Waals surface area contributed by atoms with E-state index in [1.54, 1.807) is 27.9 Å². The Morgan fingerprint density at radius 2 is 1.91 bits per heavy atom. The Morgan fingerprint density at radius 3 is 2.71 bits per heavy atom. The monoisotopic (exact) mass is 469 g/mol. The first-order valence-electron chi connectivity index (χ1n) is 10.6. The SMILES string of the molecule is COC(=O)N1CC[C@H](n2cc(-c3cc(Sc4ccccc4C#N)c4c(C#N)cnn4c3)cn2)C1. The summed E-state index contributed by atoms with van der Waals surface area (Å²) < 4.78 is 8.40. The number of nitriles is 2. The highest BCUT2D eigenvalue weighted by molar-refractivity contribution is 7.99. The van der Waals surface area contributed by atoms with E-state index >= 15 is 0 Å². The third-order valence-electron chi connectivity index (χ3n) is 5.83. The first-order chi connectivity index (χ1) is 16.6. The molecule has 4 heterocycles. The summed E-state index contributed by atoms with van der Waals surface area (Å²) >= 11 is 1.43. The highest BCUT2D eigenvalue weighted by Crippen LogP contribution is 2.37. The summed E-state index contributed by atoms with van der Waals surface area (Å²) in [6.45, 7) is 1.17.